The van der Waals surface area contributed by atoms with E-state index >= 15 is 0 Å². The molecule has 2 saturated carbocycles. The Kier molecular flexibility index (Phi) is 4.42. The minimum absolute atomic E-state index is 0.118. The van der Waals surface area contributed by atoms with Crippen molar-refractivity contribution in [3.63, 3.8) is 0 Å². The first-order valence-corrected chi connectivity index (χ1v) is 12.3. The number of halogens is 3. The second kappa shape index (κ2) is 7.17. The number of amides is 2. The van der Waals surface area contributed by atoms with E-state index < -0.39 is 12.7 Å². The van der Waals surface area contributed by atoms with E-state index in [4.69, 9.17) is 0 Å². The number of carbonyl (C=O) groups is 1. The van der Waals surface area contributed by atoms with Gasteiger partial charge >= 0.3 is 12.2 Å². The Morgan fingerprint density at radius 3 is 2.37 bits per heavy atom. The molecule has 5 fully saturated rings. The average molecular weight is 492 g/mol. The van der Waals surface area contributed by atoms with Gasteiger partial charge in [0, 0.05) is 68.5 Å². The first-order chi connectivity index (χ1) is 16.7. The minimum atomic E-state index is -4.30. The summed E-state index contributed by atoms with van der Waals surface area (Å²) in [7, 11) is 0. The highest BCUT2D eigenvalue weighted by Gasteiger charge is 2.58. The van der Waals surface area contributed by atoms with Crippen LogP contribution in [0.1, 0.15) is 54.9 Å². The number of aromatic nitrogens is 6. The van der Waals surface area contributed by atoms with Crippen LogP contribution in [0.5, 0.6) is 0 Å². The Bertz CT molecular complexity index is 1130. The molecule has 10 nitrogen and oxygen atoms in total. The number of urea groups is 1. The highest BCUT2D eigenvalue weighted by Crippen LogP contribution is 2.56. The Balaban J connectivity index is 0.832. The van der Waals surface area contributed by atoms with Gasteiger partial charge in [0.2, 0.25) is 0 Å². The summed E-state index contributed by atoms with van der Waals surface area (Å²) in [4.78, 5) is 23.6. The van der Waals surface area contributed by atoms with Crippen molar-refractivity contribution in [3.05, 3.63) is 23.5 Å². The highest BCUT2D eigenvalue weighted by atomic mass is 19.4. The van der Waals surface area contributed by atoms with E-state index in [2.05, 4.69) is 30.4 Å². The summed E-state index contributed by atoms with van der Waals surface area (Å²) in [6.07, 6.45) is 1.60. The first kappa shape index (κ1) is 21.6. The van der Waals surface area contributed by atoms with E-state index in [0.717, 1.165) is 68.4 Å². The minimum Gasteiger partial charge on any atom is -0.323 e. The van der Waals surface area contributed by atoms with Crippen LogP contribution in [-0.4, -0.2) is 96.4 Å². The predicted molar refractivity (Wildman–Crippen MR) is 115 cm³/mol. The maximum absolute atomic E-state index is 12.9. The molecule has 13 heteroatoms. The molecule has 2 amide bonds. The van der Waals surface area contributed by atoms with Gasteiger partial charge < -0.3 is 9.80 Å². The molecule has 2 aromatic heterocycles. The Labute approximate surface area is 199 Å². The second-order valence-corrected chi connectivity index (χ2v) is 11.6. The zero-order valence-electron chi connectivity index (χ0n) is 19.3. The summed E-state index contributed by atoms with van der Waals surface area (Å²) in [5.41, 5.74) is 0.912. The molecule has 7 rings (SSSR count). The Morgan fingerprint density at radius 1 is 1.03 bits per heavy atom. The van der Waals surface area contributed by atoms with Crippen LogP contribution in [-0.2, 0) is 13.1 Å². The third kappa shape index (κ3) is 3.87. The predicted octanol–water partition coefficient (Wildman–Crippen LogP) is 1.95. The molecule has 5 aliphatic rings. The number of nitrogens with zero attached hydrogens (tertiary/aromatic N) is 8. The van der Waals surface area contributed by atoms with Gasteiger partial charge in [-0.25, -0.2) is 14.5 Å². The number of alkyl halides is 3. The summed E-state index contributed by atoms with van der Waals surface area (Å²) in [6.45, 7) is 4.17. The largest absolute Gasteiger partial charge is 0.408 e. The van der Waals surface area contributed by atoms with Crippen molar-refractivity contribution < 1.29 is 18.0 Å². The van der Waals surface area contributed by atoms with Crippen molar-refractivity contribution in [1.82, 2.24) is 44.9 Å². The van der Waals surface area contributed by atoms with E-state index in [1.54, 1.807) is 0 Å². The van der Waals surface area contributed by atoms with Gasteiger partial charge in [-0.3, -0.25) is 10.00 Å². The van der Waals surface area contributed by atoms with Gasteiger partial charge in [-0.1, -0.05) is 5.21 Å². The lowest BCUT2D eigenvalue weighted by atomic mass is 9.57. The van der Waals surface area contributed by atoms with Crippen LogP contribution in [0.4, 0.5) is 18.0 Å². The van der Waals surface area contributed by atoms with Crippen molar-refractivity contribution in [1.29, 1.82) is 0 Å². The third-order valence-electron chi connectivity index (χ3n) is 8.29. The van der Waals surface area contributed by atoms with Crippen molar-refractivity contribution in [2.24, 2.45) is 10.8 Å². The maximum atomic E-state index is 12.9. The van der Waals surface area contributed by atoms with Crippen molar-refractivity contribution in [3.8, 4) is 0 Å². The van der Waals surface area contributed by atoms with Crippen molar-refractivity contribution in [2.45, 2.75) is 56.8 Å². The molecule has 2 aromatic rings. The van der Waals surface area contributed by atoms with Crippen LogP contribution in [0.3, 0.4) is 0 Å². The molecule has 0 bridgehead atoms. The first-order valence-electron chi connectivity index (χ1n) is 12.3. The quantitative estimate of drug-likeness (QED) is 0.687. The normalized spacial score (nSPS) is 25.3. The molecule has 1 N–H and O–H groups in total. The molecule has 2 aliphatic carbocycles. The van der Waals surface area contributed by atoms with Crippen LogP contribution in [0.2, 0.25) is 0 Å². The third-order valence-corrected chi connectivity index (χ3v) is 8.29. The zero-order valence-corrected chi connectivity index (χ0v) is 19.3. The molecule has 0 unspecified atom stereocenters. The van der Waals surface area contributed by atoms with Crippen LogP contribution in [0, 0.1) is 10.8 Å². The van der Waals surface area contributed by atoms with Gasteiger partial charge in [0.25, 0.3) is 0 Å². The number of hydrogen-bond donors (Lipinski definition) is 1. The van der Waals surface area contributed by atoms with Crippen molar-refractivity contribution >= 4 is 6.03 Å². The molecule has 3 aliphatic heterocycles. The van der Waals surface area contributed by atoms with E-state index in [1.165, 1.54) is 19.0 Å². The summed E-state index contributed by atoms with van der Waals surface area (Å²) in [5.74, 6) is 2.99. The van der Waals surface area contributed by atoms with E-state index in [1.807, 2.05) is 9.80 Å². The summed E-state index contributed by atoms with van der Waals surface area (Å²) in [5, 5.41) is 14.9. The number of nitrogens with one attached hydrogen (secondary N) is 1. The molecule has 188 valence electrons. The van der Waals surface area contributed by atoms with Gasteiger partial charge in [0.15, 0.2) is 5.82 Å². The lowest BCUT2D eigenvalue weighted by Crippen LogP contribution is -2.75. The Hall–Kier alpha value is -2.70. The molecule has 0 atom stereocenters. The number of hydrogen-bond acceptors (Lipinski definition) is 6. The van der Waals surface area contributed by atoms with Crippen LogP contribution < -0.4 is 0 Å². The lowest BCUT2D eigenvalue weighted by Gasteiger charge is -2.63. The monoisotopic (exact) mass is 491 g/mol. The molecule has 35 heavy (non-hydrogen) atoms. The Morgan fingerprint density at radius 2 is 1.71 bits per heavy atom. The fourth-order valence-corrected chi connectivity index (χ4v) is 6.54. The molecule has 0 radical (unpaired) electrons. The van der Waals surface area contributed by atoms with Crippen LogP contribution in [0.25, 0.3) is 0 Å². The maximum Gasteiger partial charge on any atom is 0.408 e. The zero-order chi connectivity index (χ0) is 24.0. The summed E-state index contributed by atoms with van der Waals surface area (Å²) >= 11 is 0. The lowest BCUT2D eigenvalue weighted by molar-refractivity contribution is -0.142. The van der Waals surface area contributed by atoms with Gasteiger partial charge in [0.05, 0.1) is 11.9 Å². The molecular formula is C22H28F3N9O. The van der Waals surface area contributed by atoms with Crippen LogP contribution in [0.15, 0.2) is 6.20 Å². The fraction of sp³-hybridized carbons (Fsp3) is 0.773. The van der Waals surface area contributed by atoms with Gasteiger partial charge in [0.1, 0.15) is 12.4 Å². The highest BCUT2D eigenvalue weighted by molar-refractivity contribution is 5.77. The number of likely N-dealkylation sites (tertiary alicyclic amines) is 3. The summed E-state index contributed by atoms with van der Waals surface area (Å²) in [6, 6.07) is 0.133. The van der Waals surface area contributed by atoms with Crippen molar-refractivity contribution in [2.75, 3.05) is 39.3 Å². The van der Waals surface area contributed by atoms with E-state index in [-0.39, 0.29) is 16.9 Å². The van der Waals surface area contributed by atoms with Gasteiger partial charge in [-0.2, -0.15) is 18.3 Å². The van der Waals surface area contributed by atoms with Gasteiger partial charge in [-0.05, 0) is 25.7 Å². The molecule has 5 heterocycles. The molecule has 0 aromatic carbocycles. The fourth-order valence-electron chi connectivity index (χ4n) is 6.54. The number of rotatable bonds is 5. The smallest absolute Gasteiger partial charge is 0.323 e. The van der Waals surface area contributed by atoms with E-state index in [9.17, 15) is 18.0 Å². The second-order valence-electron chi connectivity index (χ2n) is 11.6. The molecule has 2 spiro atoms. The van der Waals surface area contributed by atoms with E-state index in [0.29, 0.717) is 24.1 Å². The van der Waals surface area contributed by atoms with Crippen LogP contribution >= 0.6 is 0 Å². The number of aromatic amines is 1. The number of H-pyrrole nitrogens is 1. The summed E-state index contributed by atoms with van der Waals surface area (Å²) < 4.78 is 38.3. The SMILES string of the molecule is O=C(N1CC2(CC(c3nc(C4CC4)n[nH]3)C2)C1)N1CC2(CN(Cc3cn(CC(F)(F)F)nn3)C2)C1. The topological polar surface area (TPSA) is 99.1 Å². The number of carbonyl (C=O) groups excluding carboxylic acids is 1. The standard InChI is InChI=1S/C22H28F3N9O/c23-22(24,25)13-34-6-16(27-30-34)5-31-7-21(8-31)11-33(12-21)19(35)32-9-20(10-32)3-15(4-20)18-26-17(28-29-18)14-1-2-14/h6,14-15H,1-5,7-13H2,(H,26,28,29). The average Bonchev–Trinajstić information content (AvgIpc) is 3.24. The molecular weight excluding hydrogens is 463 g/mol. The van der Waals surface area contributed by atoms with Gasteiger partial charge in [-0.15, -0.1) is 5.10 Å². The molecule has 3 saturated heterocycles.